The maximum absolute atomic E-state index is 4.28. The zero-order valence-electron chi connectivity index (χ0n) is 13.2. The van der Waals surface area contributed by atoms with E-state index in [1.807, 2.05) is 0 Å². The Bertz CT molecular complexity index is 592. The molecule has 0 saturated carbocycles. The molecule has 0 bridgehead atoms. The second-order valence-corrected chi connectivity index (χ2v) is 6.07. The van der Waals surface area contributed by atoms with Gasteiger partial charge in [-0.25, -0.2) is 0 Å². The van der Waals surface area contributed by atoms with Crippen molar-refractivity contribution in [3.8, 4) is 0 Å². The van der Waals surface area contributed by atoms with E-state index in [-0.39, 0.29) is 0 Å². The number of nitrogens with zero attached hydrogens (tertiary/aromatic N) is 1. The predicted octanol–water partition coefficient (Wildman–Crippen LogP) is 3.54. The van der Waals surface area contributed by atoms with Gasteiger partial charge in [-0.2, -0.15) is 11.3 Å². The molecular weight excluding hydrogens is 278 g/mol. The number of guanidine groups is 1. The number of aryl methyl sites for hydroxylation is 3. The molecule has 0 fully saturated rings. The Hall–Kier alpha value is -1.81. The zero-order valence-corrected chi connectivity index (χ0v) is 14.0. The topological polar surface area (TPSA) is 36.4 Å². The molecule has 4 heteroatoms. The molecule has 1 aromatic carbocycles. The number of benzene rings is 1. The third kappa shape index (κ3) is 4.33. The quantitative estimate of drug-likeness (QED) is 0.669. The highest BCUT2D eigenvalue weighted by Crippen LogP contribution is 2.16. The lowest BCUT2D eigenvalue weighted by Gasteiger charge is -2.15. The van der Waals surface area contributed by atoms with Gasteiger partial charge in [-0.05, 0) is 59.9 Å². The van der Waals surface area contributed by atoms with Crippen molar-refractivity contribution < 1.29 is 0 Å². The fraction of sp³-hybridized carbons (Fsp3) is 0.353. The van der Waals surface area contributed by atoms with E-state index in [0.29, 0.717) is 0 Å². The number of nitrogens with one attached hydrogen (secondary N) is 2. The van der Waals surface area contributed by atoms with Gasteiger partial charge in [0.25, 0.3) is 0 Å². The lowest BCUT2D eigenvalue weighted by molar-refractivity contribution is 0.804. The van der Waals surface area contributed by atoms with Gasteiger partial charge in [0, 0.05) is 20.1 Å². The van der Waals surface area contributed by atoms with Crippen LogP contribution < -0.4 is 10.6 Å². The molecule has 0 aliphatic rings. The highest BCUT2D eigenvalue weighted by molar-refractivity contribution is 7.07. The molecule has 2 rings (SSSR count). The van der Waals surface area contributed by atoms with Crippen molar-refractivity contribution in [1.82, 2.24) is 10.6 Å². The highest BCUT2D eigenvalue weighted by atomic mass is 32.1. The fourth-order valence-corrected chi connectivity index (χ4v) is 3.13. The Balaban J connectivity index is 1.94. The van der Waals surface area contributed by atoms with Crippen molar-refractivity contribution >= 4 is 17.3 Å². The molecule has 0 saturated heterocycles. The maximum atomic E-state index is 4.28. The van der Waals surface area contributed by atoms with Crippen LogP contribution in [0.2, 0.25) is 0 Å². The van der Waals surface area contributed by atoms with E-state index in [1.165, 1.54) is 27.8 Å². The summed E-state index contributed by atoms with van der Waals surface area (Å²) in [4.78, 5) is 4.28. The van der Waals surface area contributed by atoms with Gasteiger partial charge >= 0.3 is 0 Å². The van der Waals surface area contributed by atoms with Gasteiger partial charge in [-0.15, -0.1) is 0 Å². The molecule has 0 atom stereocenters. The van der Waals surface area contributed by atoms with Crippen LogP contribution in [0, 0.1) is 20.8 Å². The SMILES string of the molecule is CN=C(NCc1ccsc1)NCc1c(C)cc(C)cc1C. The van der Waals surface area contributed by atoms with Crippen molar-refractivity contribution in [3.05, 3.63) is 56.8 Å². The first-order valence-electron chi connectivity index (χ1n) is 7.12. The van der Waals surface area contributed by atoms with Gasteiger partial charge in [0.1, 0.15) is 0 Å². The summed E-state index contributed by atoms with van der Waals surface area (Å²) in [5, 5.41) is 11.0. The van der Waals surface area contributed by atoms with Crippen LogP contribution in [0.25, 0.3) is 0 Å². The predicted molar refractivity (Wildman–Crippen MR) is 92.0 cm³/mol. The second-order valence-electron chi connectivity index (χ2n) is 5.29. The average Bonchev–Trinajstić information content (AvgIpc) is 2.94. The fourth-order valence-electron chi connectivity index (χ4n) is 2.46. The molecule has 2 N–H and O–H groups in total. The molecule has 112 valence electrons. The minimum atomic E-state index is 0.793. The van der Waals surface area contributed by atoms with Crippen molar-refractivity contribution in [1.29, 1.82) is 0 Å². The Morgan fingerprint density at radius 2 is 1.76 bits per heavy atom. The molecule has 0 radical (unpaired) electrons. The third-order valence-electron chi connectivity index (χ3n) is 3.54. The van der Waals surface area contributed by atoms with Crippen LogP contribution >= 0.6 is 11.3 Å². The van der Waals surface area contributed by atoms with Crippen LogP contribution in [0.4, 0.5) is 0 Å². The van der Waals surface area contributed by atoms with Gasteiger partial charge < -0.3 is 10.6 Å². The summed E-state index contributed by atoms with van der Waals surface area (Å²) in [6, 6.07) is 6.58. The largest absolute Gasteiger partial charge is 0.352 e. The standard InChI is InChI=1S/C17H23N3S/c1-12-7-13(2)16(14(3)8-12)10-20-17(18-4)19-9-15-5-6-21-11-15/h5-8,11H,9-10H2,1-4H3,(H2,18,19,20). The average molecular weight is 301 g/mol. The molecule has 0 unspecified atom stereocenters. The normalized spacial score (nSPS) is 11.5. The van der Waals surface area contributed by atoms with Gasteiger partial charge in [-0.1, -0.05) is 17.7 Å². The minimum Gasteiger partial charge on any atom is -0.352 e. The second kappa shape index (κ2) is 7.27. The van der Waals surface area contributed by atoms with Gasteiger partial charge in [-0.3, -0.25) is 4.99 Å². The van der Waals surface area contributed by atoms with Crippen LogP contribution in [0.3, 0.4) is 0 Å². The van der Waals surface area contributed by atoms with E-state index in [4.69, 9.17) is 0 Å². The zero-order chi connectivity index (χ0) is 15.2. The highest BCUT2D eigenvalue weighted by Gasteiger charge is 2.05. The van der Waals surface area contributed by atoms with E-state index in [0.717, 1.165) is 19.0 Å². The lowest BCUT2D eigenvalue weighted by atomic mass is 10.00. The molecule has 1 heterocycles. The first kappa shape index (κ1) is 15.6. The number of rotatable bonds is 4. The number of thiophene rings is 1. The van der Waals surface area contributed by atoms with Crippen molar-refractivity contribution in [2.75, 3.05) is 7.05 Å². The van der Waals surface area contributed by atoms with Gasteiger partial charge in [0.05, 0.1) is 0 Å². The molecule has 21 heavy (non-hydrogen) atoms. The van der Waals surface area contributed by atoms with Crippen LogP contribution in [-0.2, 0) is 13.1 Å². The van der Waals surface area contributed by atoms with Crippen LogP contribution in [0.5, 0.6) is 0 Å². The molecule has 0 spiro atoms. The number of hydrogen-bond acceptors (Lipinski definition) is 2. The monoisotopic (exact) mass is 301 g/mol. The summed E-state index contributed by atoms with van der Waals surface area (Å²) in [5.74, 6) is 0.834. The van der Waals surface area contributed by atoms with Crippen molar-refractivity contribution in [2.45, 2.75) is 33.9 Å². The van der Waals surface area contributed by atoms with Gasteiger partial charge in [0.15, 0.2) is 5.96 Å². The lowest BCUT2D eigenvalue weighted by Crippen LogP contribution is -2.36. The Morgan fingerprint density at radius 1 is 1.10 bits per heavy atom. The van der Waals surface area contributed by atoms with Crippen LogP contribution in [-0.4, -0.2) is 13.0 Å². The van der Waals surface area contributed by atoms with Crippen LogP contribution in [0.1, 0.15) is 27.8 Å². The van der Waals surface area contributed by atoms with E-state index in [1.54, 1.807) is 18.4 Å². The Labute approximate surface area is 131 Å². The Kier molecular flexibility index (Phi) is 5.39. The molecule has 0 aliphatic carbocycles. The first-order valence-corrected chi connectivity index (χ1v) is 8.06. The molecule has 2 aromatic rings. The maximum Gasteiger partial charge on any atom is 0.191 e. The summed E-state index contributed by atoms with van der Waals surface area (Å²) in [6.07, 6.45) is 0. The molecule has 1 aromatic heterocycles. The minimum absolute atomic E-state index is 0.793. The summed E-state index contributed by atoms with van der Waals surface area (Å²) < 4.78 is 0. The summed E-state index contributed by atoms with van der Waals surface area (Å²) in [7, 11) is 1.80. The van der Waals surface area contributed by atoms with Gasteiger partial charge in [0.2, 0.25) is 0 Å². The smallest absolute Gasteiger partial charge is 0.191 e. The third-order valence-corrected chi connectivity index (χ3v) is 4.27. The van der Waals surface area contributed by atoms with Crippen LogP contribution in [0.15, 0.2) is 34.0 Å². The molecular formula is C17H23N3S. The van der Waals surface area contributed by atoms with E-state index < -0.39 is 0 Å². The van der Waals surface area contributed by atoms with E-state index in [2.05, 4.69) is 65.4 Å². The van der Waals surface area contributed by atoms with E-state index >= 15 is 0 Å². The summed E-state index contributed by atoms with van der Waals surface area (Å²) >= 11 is 1.71. The molecule has 3 nitrogen and oxygen atoms in total. The van der Waals surface area contributed by atoms with Crippen molar-refractivity contribution in [3.63, 3.8) is 0 Å². The first-order chi connectivity index (χ1) is 10.1. The summed E-state index contributed by atoms with van der Waals surface area (Å²) in [6.45, 7) is 8.06. The molecule has 0 aliphatic heterocycles. The van der Waals surface area contributed by atoms with Crippen molar-refractivity contribution in [2.24, 2.45) is 4.99 Å². The number of hydrogen-bond donors (Lipinski definition) is 2. The Morgan fingerprint density at radius 3 is 2.33 bits per heavy atom. The number of aliphatic imine (C=N–C) groups is 1. The summed E-state index contributed by atoms with van der Waals surface area (Å²) in [5.41, 5.74) is 6.60. The van der Waals surface area contributed by atoms with E-state index in [9.17, 15) is 0 Å². The molecule has 0 amide bonds.